The van der Waals surface area contributed by atoms with Gasteiger partial charge in [0, 0.05) is 32.1 Å². The molecule has 3 rings (SSSR count). The summed E-state index contributed by atoms with van der Waals surface area (Å²) >= 11 is 0. The lowest BCUT2D eigenvalue weighted by Crippen LogP contribution is -2.50. The third-order valence-electron chi connectivity index (χ3n) is 5.21. The molecule has 0 saturated carbocycles. The van der Waals surface area contributed by atoms with E-state index in [2.05, 4.69) is 5.32 Å². The van der Waals surface area contributed by atoms with Crippen molar-refractivity contribution >= 4 is 11.9 Å². The molecule has 2 unspecified atom stereocenters. The number of amides is 1. The topological polar surface area (TPSA) is 77.1 Å². The van der Waals surface area contributed by atoms with Crippen LogP contribution in [0.15, 0.2) is 30.3 Å². The first-order valence-corrected chi connectivity index (χ1v) is 10.1. The van der Waals surface area contributed by atoms with Crippen LogP contribution in [0.4, 0.5) is 0 Å². The van der Waals surface area contributed by atoms with Crippen molar-refractivity contribution < 1.29 is 23.8 Å². The number of nitrogens with zero attached hydrogens (tertiary/aromatic N) is 1. The van der Waals surface area contributed by atoms with Gasteiger partial charge in [0.15, 0.2) is 6.29 Å². The molecule has 0 aliphatic carbocycles. The standard InChI is InChI=1S/C21H30N2O5/c1-2-26-20(25)18(19(24)23-10-8-22-9-11-23)15-17(21-27-12-13-28-21)14-16-6-4-3-5-7-16/h3-7,17-18,21-22H,2,8-15H2,1H3. The van der Waals surface area contributed by atoms with Gasteiger partial charge in [0.1, 0.15) is 5.92 Å². The molecular formula is C21H30N2O5. The van der Waals surface area contributed by atoms with Gasteiger partial charge >= 0.3 is 5.97 Å². The van der Waals surface area contributed by atoms with Crippen molar-refractivity contribution in [3.05, 3.63) is 35.9 Å². The number of rotatable bonds is 8. The third-order valence-corrected chi connectivity index (χ3v) is 5.21. The molecule has 154 valence electrons. The highest BCUT2D eigenvalue weighted by Gasteiger charge is 2.38. The van der Waals surface area contributed by atoms with Gasteiger partial charge in [0.05, 0.1) is 19.8 Å². The van der Waals surface area contributed by atoms with Crippen LogP contribution in [0.25, 0.3) is 0 Å². The number of ether oxygens (including phenoxy) is 3. The number of piperazine rings is 1. The monoisotopic (exact) mass is 390 g/mol. The second-order valence-electron chi connectivity index (χ2n) is 7.18. The molecular weight excluding hydrogens is 360 g/mol. The van der Waals surface area contributed by atoms with Gasteiger partial charge < -0.3 is 24.4 Å². The van der Waals surface area contributed by atoms with Gasteiger partial charge in [0.2, 0.25) is 5.91 Å². The normalized spacial score (nSPS) is 20.0. The van der Waals surface area contributed by atoms with Gasteiger partial charge in [-0.3, -0.25) is 9.59 Å². The maximum absolute atomic E-state index is 13.1. The lowest BCUT2D eigenvalue weighted by molar-refractivity contribution is -0.158. The van der Waals surface area contributed by atoms with E-state index in [9.17, 15) is 9.59 Å². The molecule has 7 nitrogen and oxygen atoms in total. The Labute approximate surface area is 166 Å². The molecule has 2 fully saturated rings. The molecule has 1 aromatic carbocycles. The lowest BCUT2D eigenvalue weighted by Gasteiger charge is -2.32. The van der Waals surface area contributed by atoms with E-state index < -0.39 is 18.2 Å². The van der Waals surface area contributed by atoms with Crippen LogP contribution in [-0.4, -0.2) is 69.1 Å². The van der Waals surface area contributed by atoms with Gasteiger partial charge in [-0.15, -0.1) is 0 Å². The third kappa shape index (κ3) is 5.53. The Hall–Kier alpha value is -1.96. The van der Waals surface area contributed by atoms with E-state index in [1.165, 1.54) is 0 Å². The Morgan fingerprint density at radius 3 is 2.50 bits per heavy atom. The first-order valence-electron chi connectivity index (χ1n) is 10.1. The Bertz CT molecular complexity index is 627. The number of benzene rings is 1. The highest BCUT2D eigenvalue weighted by Crippen LogP contribution is 2.28. The van der Waals surface area contributed by atoms with E-state index in [0.717, 1.165) is 18.7 Å². The quantitative estimate of drug-likeness (QED) is 0.531. The predicted octanol–water partition coefficient (Wildman–Crippen LogP) is 1.22. The molecule has 0 bridgehead atoms. The summed E-state index contributed by atoms with van der Waals surface area (Å²) in [6.07, 6.45) is 0.616. The molecule has 1 N–H and O–H groups in total. The van der Waals surface area contributed by atoms with Crippen molar-refractivity contribution in [1.29, 1.82) is 0 Å². The number of carbonyl (C=O) groups is 2. The van der Waals surface area contributed by atoms with Gasteiger partial charge in [-0.2, -0.15) is 0 Å². The Morgan fingerprint density at radius 1 is 1.18 bits per heavy atom. The first kappa shape index (κ1) is 20.8. The predicted molar refractivity (Wildman–Crippen MR) is 104 cm³/mol. The maximum Gasteiger partial charge on any atom is 0.318 e. The van der Waals surface area contributed by atoms with Crippen LogP contribution >= 0.6 is 0 Å². The van der Waals surface area contributed by atoms with Crippen molar-refractivity contribution in [1.82, 2.24) is 10.2 Å². The molecule has 2 aliphatic heterocycles. The summed E-state index contributed by atoms with van der Waals surface area (Å²) in [5.41, 5.74) is 1.13. The largest absolute Gasteiger partial charge is 0.465 e. The number of hydrogen-bond acceptors (Lipinski definition) is 6. The summed E-state index contributed by atoms with van der Waals surface area (Å²) < 4.78 is 16.7. The van der Waals surface area contributed by atoms with E-state index in [1.807, 2.05) is 30.3 Å². The molecule has 1 amide bonds. The summed E-state index contributed by atoms with van der Waals surface area (Å²) in [4.78, 5) is 27.6. The molecule has 0 spiro atoms. The average Bonchev–Trinajstić information content (AvgIpc) is 3.27. The molecule has 2 saturated heterocycles. The summed E-state index contributed by atoms with van der Waals surface area (Å²) in [7, 11) is 0. The van der Waals surface area contributed by atoms with E-state index >= 15 is 0 Å². The summed E-state index contributed by atoms with van der Waals surface area (Å²) in [6.45, 7) is 5.77. The lowest BCUT2D eigenvalue weighted by atomic mass is 9.87. The minimum absolute atomic E-state index is 0.105. The Balaban J connectivity index is 1.77. The molecule has 7 heteroatoms. The van der Waals surface area contributed by atoms with E-state index in [0.29, 0.717) is 39.1 Å². The van der Waals surface area contributed by atoms with Crippen molar-refractivity contribution in [2.45, 2.75) is 26.1 Å². The number of carbonyl (C=O) groups excluding carboxylic acids is 2. The van der Waals surface area contributed by atoms with E-state index in [-0.39, 0.29) is 18.4 Å². The molecule has 0 aromatic heterocycles. The van der Waals surface area contributed by atoms with Crippen LogP contribution < -0.4 is 5.32 Å². The van der Waals surface area contributed by atoms with Crippen molar-refractivity contribution in [2.24, 2.45) is 11.8 Å². The van der Waals surface area contributed by atoms with Crippen molar-refractivity contribution in [3.63, 3.8) is 0 Å². The number of esters is 1. The van der Waals surface area contributed by atoms with Crippen LogP contribution in [0.5, 0.6) is 0 Å². The van der Waals surface area contributed by atoms with Crippen molar-refractivity contribution in [2.75, 3.05) is 46.0 Å². The summed E-state index contributed by atoms with van der Waals surface area (Å²) in [5.74, 6) is -1.55. The molecule has 2 aliphatic rings. The molecule has 1 aromatic rings. The fourth-order valence-electron chi connectivity index (χ4n) is 3.81. The molecule has 2 atom stereocenters. The Kier molecular flexibility index (Phi) is 7.82. The highest BCUT2D eigenvalue weighted by molar-refractivity contribution is 5.97. The second-order valence-corrected chi connectivity index (χ2v) is 7.18. The minimum Gasteiger partial charge on any atom is -0.465 e. The van der Waals surface area contributed by atoms with Crippen LogP contribution in [0.3, 0.4) is 0 Å². The van der Waals surface area contributed by atoms with Gasteiger partial charge in [0.25, 0.3) is 0 Å². The molecule has 0 radical (unpaired) electrons. The van der Waals surface area contributed by atoms with Crippen LogP contribution in [0.2, 0.25) is 0 Å². The zero-order valence-corrected chi connectivity index (χ0v) is 16.5. The fourth-order valence-corrected chi connectivity index (χ4v) is 3.81. The number of hydrogen-bond donors (Lipinski definition) is 1. The fraction of sp³-hybridized carbons (Fsp3) is 0.619. The SMILES string of the molecule is CCOC(=O)C(CC(Cc1ccccc1)C1OCCO1)C(=O)N1CCNCC1. The van der Waals surface area contributed by atoms with E-state index in [4.69, 9.17) is 14.2 Å². The molecule has 2 heterocycles. The Morgan fingerprint density at radius 2 is 1.86 bits per heavy atom. The highest BCUT2D eigenvalue weighted by atomic mass is 16.7. The maximum atomic E-state index is 13.1. The zero-order chi connectivity index (χ0) is 19.8. The average molecular weight is 390 g/mol. The summed E-state index contributed by atoms with van der Waals surface area (Å²) in [5, 5.41) is 3.23. The van der Waals surface area contributed by atoms with Gasteiger partial charge in [-0.1, -0.05) is 30.3 Å². The zero-order valence-electron chi connectivity index (χ0n) is 16.5. The van der Waals surface area contributed by atoms with Crippen LogP contribution in [0, 0.1) is 11.8 Å². The smallest absolute Gasteiger partial charge is 0.318 e. The number of nitrogens with one attached hydrogen (secondary N) is 1. The first-order chi connectivity index (χ1) is 13.7. The summed E-state index contributed by atoms with van der Waals surface area (Å²) in [6, 6.07) is 10.0. The van der Waals surface area contributed by atoms with Crippen molar-refractivity contribution in [3.8, 4) is 0 Å². The van der Waals surface area contributed by atoms with Gasteiger partial charge in [-0.25, -0.2) is 0 Å². The van der Waals surface area contributed by atoms with Crippen LogP contribution in [0.1, 0.15) is 18.9 Å². The minimum atomic E-state index is -0.834. The van der Waals surface area contributed by atoms with Gasteiger partial charge in [-0.05, 0) is 25.3 Å². The molecule has 28 heavy (non-hydrogen) atoms. The second kappa shape index (κ2) is 10.5. The van der Waals surface area contributed by atoms with E-state index in [1.54, 1.807) is 11.8 Å². The van der Waals surface area contributed by atoms with Crippen LogP contribution in [-0.2, 0) is 30.2 Å².